The van der Waals surface area contributed by atoms with Gasteiger partial charge in [-0.3, -0.25) is 0 Å². The van der Waals surface area contributed by atoms with E-state index < -0.39 is 0 Å². The predicted octanol–water partition coefficient (Wildman–Crippen LogP) is 4.48. The van der Waals surface area contributed by atoms with E-state index in [1.54, 1.807) is 6.07 Å². The molecule has 0 aliphatic rings. The zero-order valence-electron chi connectivity index (χ0n) is 8.63. The summed E-state index contributed by atoms with van der Waals surface area (Å²) in [4.78, 5) is 0. The lowest BCUT2D eigenvalue weighted by molar-refractivity contribution is 0.590. The van der Waals surface area contributed by atoms with E-state index >= 15 is 0 Å². The van der Waals surface area contributed by atoms with Crippen molar-refractivity contribution in [3.05, 3.63) is 33.8 Å². The summed E-state index contributed by atoms with van der Waals surface area (Å²) in [6, 6.07) is 7.85. The van der Waals surface area contributed by atoms with E-state index in [1.807, 2.05) is 12.1 Å². The van der Waals surface area contributed by atoms with E-state index in [0.29, 0.717) is 10.0 Å². The zero-order chi connectivity index (χ0) is 11.3. The van der Waals surface area contributed by atoms with Crippen LogP contribution in [0.15, 0.2) is 18.2 Å². The van der Waals surface area contributed by atoms with Gasteiger partial charge in [-0.2, -0.15) is 5.26 Å². The first kappa shape index (κ1) is 12.4. The van der Waals surface area contributed by atoms with Gasteiger partial charge in [-0.1, -0.05) is 42.6 Å². The van der Waals surface area contributed by atoms with Gasteiger partial charge in [0.05, 0.1) is 22.0 Å². The van der Waals surface area contributed by atoms with Crippen molar-refractivity contribution >= 4 is 23.2 Å². The van der Waals surface area contributed by atoms with Crippen molar-refractivity contribution in [1.82, 2.24) is 0 Å². The van der Waals surface area contributed by atoms with Crippen molar-refractivity contribution < 1.29 is 0 Å². The molecule has 0 radical (unpaired) electrons. The van der Waals surface area contributed by atoms with Gasteiger partial charge in [-0.25, -0.2) is 0 Å². The van der Waals surface area contributed by atoms with Crippen molar-refractivity contribution in [2.24, 2.45) is 5.92 Å². The molecule has 0 heterocycles. The molecule has 3 heteroatoms. The minimum atomic E-state index is 0.0762. The number of rotatable bonds is 4. The Balaban J connectivity index is 2.72. The summed E-state index contributed by atoms with van der Waals surface area (Å²) in [6.45, 7) is 2.08. The molecule has 1 unspecified atom stereocenters. The number of benzene rings is 1. The number of nitrogens with zero attached hydrogens (tertiary/aromatic N) is 1. The van der Waals surface area contributed by atoms with Gasteiger partial charge in [-0.05, 0) is 30.5 Å². The van der Waals surface area contributed by atoms with Gasteiger partial charge >= 0.3 is 0 Å². The zero-order valence-corrected chi connectivity index (χ0v) is 10.1. The van der Waals surface area contributed by atoms with Crippen molar-refractivity contribution in [3.63, 3.8) is 0 Å². The highest BCUT2D eigenvalue weighted by atomic mass is 35.5. The molecule has 0 spiro atoms. The maximum Gasteiger partial charge on any atom is 0.0659 e. The first-order valence-electron chi connectivity index (χ1n) is 5.01. The van der Waals surface area contributed by atoms with Gasteiger partial charge in [0, 0.05) is 0 Å². The normalized spacial score (nSPS) is 12.1. The second-order valence-electron chi connectivity index (χ2n) is 3.57. The lowest BCUT2D eigenvalue weighted by Gasteiger charge is -2.08. The largest absolute Gasteiger partial charge is 0.198 e. The molecular formula is C12H13Cl2N. The van der Waals surface area contributed by atoms with Crippen molar-refractivity contribution in [2.75, 3.05) is 0 Å². The summed E-state index contributed by atoms with van der Waals surface area (Å²) in [6.07, 6.45) is 2.71. The smallest absolute Gasteiger partial charge is 0.0659 e. The topological polar surface area (TPSA) is 23.8 Å². The summed E-state index contributed by atoms with van der Waals surface area (Å²) in [5, 5.41) is 10.1. The van der Waals surface area contributed by atoms with Gasteiger partial charge in [-0.15, -0.1) is 0 Å². The standard InChI is InChI=1S/C12H13Cl2N/c1-2-3-10(8-15)6-9-4-5-11(13)12(14)7-9/h4-5,7,10H,2-3,6H2,1H3. The lowest BCUT2D eigenvalue weighted by Crippen LogP contribution is -2.01. The molecule has 0 N–H and O–H groups in total. The molecule has 1 nitrogen and oxygen atoms in total. The third-order valence-electron chi connectivity index (χ3n) is 2.29. The molecule has 15 heavy (non-hydrogen) atoms. The second-order valence-corrected chi connectivity index (χ2v) is 4.38. The van der Waals surface area contributed by atoms with Gasteiger partial charge in [0.1, 0.15) is 0 Å². The average molecular weight is 242 g/mol. The van der Waals surface area contributed by atoms with Crippen molar-refractivity contribution in [2.45, 2.75) is 26.2 Å². The molecule has 0 saturated carbocycles. The molecule has 0 aromatic heterocycles. The van der Waals surface area contributed by atoms with Crippen molar-refractivity contribution in [3.8, 4) is 6.07 Å². The molecular weight excluding hydrogens is 229 g/mol. The number of nitriles is 1. The first-order chi connectivity index (χ1) is 7.17. The summed E-state index contributed by atoms with van der Waals surface area (Å²) in [5.41, 5.74) is 1.07. The number of halogens is 2. The highest BCUT2D eigenvalue weighted by Crippen LogP contribution is 2.24. The Morgan fingerprint density at radius 1 is 1.33 bits per heavy atom. The van der Waals surface area contributed by atoms with Crippen LogP contribution in [0, 0.1) is 17.2 Å². The van der Waals surface area contributed by atoms with E-state index in [1.165, 1.54) is 0 Å². The molecule has 1 atom stereocenters. The van der Waals surface area contributed by atoms with Gasteiger partial charge < -0.3 is 0 Å². The summed E-state index contributed by atoms with van der Waals surface area (Å²) < 4.78 is 0. The van der Waals surface area contributed by atoms with E-state index in [4.69, 9.17) is 28.5 Å². The summed E-state index contributed by atoms with van der Waals surface area (Å²) >= 11 is 11.7. The fraction of sp³-hybridized carbons (Fsp3) is 0.417. The molecule has 0 aliphatic carbocycles. The maximum atomic E-state index is 8.93. The highest BCUT2D eigenvalue weighted by molar-refractivity contribution is 6.42. The molecule has 0 aliphatic heterocycles. The number of hydrogen-bond donors (Lipinski definition) is 0. The van der Waals surface area contributed by atoms with Crippen LogP contribution in [-0.2, 0) is 6.42 Å². The second kappa shape index (κ2) is 6.00. The third kappa shape index (κ3) is 3.74. The first-order valence-corrected chi connectivity index (χ1v) is 5.76. The average Bonchev–Trinajstić information content (AvgIpc) is 2.23. The molecule has 1 rings (SSSR count). The van der Waals surface area contributed by atoms with Crippen LogP contribution in [0.5, 0.6) is 0 Å². The number of hydrogen-bond acceptors (Lipinski definition) is 1. The maximum absolute atomic E-state index is 8.93. The van der Waals surface area contributed by atoms with E-state index in [2.05, 4.69) is 13.0 Å². The Labute approximate surface area is 101 Å². The van der Waals surface area contributed by atoms with Gasteiger partial charge in [0.25, 0.3) is 0 Å². The van der Waals surface area contributed by atoms with Gasteiger partial charge in [0.2, 0.25) is 0 Å². The van der Waals surface area contributed by atoms with Crippen LogP contribution >= 0.6 is 23.2 Å². The Morgan fingerprint density at radius 2 is 2.07 bits per heavy atom. The van der Waals surface area contributed by atoms with Crippen LogP contribution in [0.4, 0.5) is 0 Å². The fourth-order valence-electron chi connectivity index (χ4n) is 1.51. The minimum Gasteiger partial charge on any atom is -0.198 e. The molecule has 80 valence electrons. The molecule has 1 aromatic rings. The van der Waals surface area contributed by atoms with Crippen LogP contribution in [-0.4, -0.2) is 0 Å². The van der Waals surface area contributed by atoms with Crippen LogP contribution in [0.1, 0.15) is 25.3 Å². The third-order valence-corrected chi connectivity index (χ3v) is 3.02. The molecule has 0 fully saturated rings. The highest BCUT2D eigenvalue weighted by Gasteiger charge is 2.08. The molecule has 0 saturated heterocycles. The van der Waals surface area contributed by atoms with Gasteiger partial charge in [0.15, 0.2) is 0 Å². The summed E-state index contributed by atoms with van der Waals surface area (Å²) in [5.74, 6) is 0.0762. The molecule has 0 amide bonds. The Morgan fingerprint density at radius 3 is 2.60 bits per heavy atom. The Hall–Kier alpha value is -0.710. The van der Waals surface area contributed by atoms with Crippen molar-refractivity contribution in [1.29, 1.82) is 5.26 Å². The minimum absolute atomic E-state index is 0.0762. The lowest BCUT2D eigenvalue weighted by atomic mass is 9.96. The monoisotopic (exact) mass is 241 g/mol. The van der Waals surface area contributed by atoms with E-state index in [9.17, 15) is 0 Å². The van der Waals surface area contributed by atoms with Crippen LogP contribution in [0.2, 0.25) is 10.0 Å². The Kier molecular flexibility index (Phi) is 4.94. The van der Waals surface area contributed by atoms with Crippen LogP contribution < -0.4 is 0 Å². The van der Waals surface area contributed by atoms with Crippen LogP contribution in [0.25, 0.3) is 0 Å². The Bertz CT molecular complexity index is 368. The predicted molar refractivity (Wildman–Crippen MR) is 64.2 cm³/mol. The SMILES string of the molecule is CCCC(C#N)Cc1ccc(Cl)c(Cl)c1. The van der Waals surface area contributed by atoms with E-state index in [0.717, 1.165) is 24.8 Å². The van der Waals surface area contributed by atoms with Crippen LogP contribution in [0.3, 0.4) is 0 Å². The van der Waals surface area contributed by atoms with E-state index in [-0.39, 0.29) is 5.92 Å². The molecule has 1 aromatic carbocycles. The quantitative estimate of drug-likeness (QED) is 0.763. The molecule has 0 bridgehead atoms. The fourth-order valence-corrected chi connectivity index (χ4v) is 1.83. The summed E-state index contributed by atoms with van der Waals surface area (Å²) in [7, 11) is 0.